The average Bonchev–Trinajstić information content (AvgIpc) is 1.86. The van der Waals surface area contributed by atoms with E-state index in [2.05, 4.69) is 21.2 Å². The van der Waals surface area contributed by atoms with Gasteiger partial charge in [0, 0.05) is 12.4 Å². The van der Waals surface area contributed by atoms with Crippen LogP contribution in [0.25, 0.3) is 0 Å². The van der Waals surface area contributed by atoms with Crippen LogP contribution in [0.3, 0.4) is 0 Å². The monoisotopic (exact) mass is 167 g/mol. The molecule has 0 bridgehead atoms. The van der Waals surface area contributed by atoms with Crippen molar-refractivity contribution >= 4 is 27.7 Å². The summed E-state index contributed by atoms with van der Waals surface area (Å²) in [5.74, 6) is 1.11. The van der Waals surface area contributed by atoms with E-state index in [0.717, 1.165) is 12.4 Å². The van der Waals surface area contributed by atoms with Gasteiger partial charge < -0.3 is 5.32 Å². The van der Waals surface area contributed by atoms with Crippen LogP contribution in [0.15, 0.2) is 0 Å². The van der Waals surface area contributed by atoms with E-state index in [1.54, 1.807) is 0 Å². The van der Waals surface area contributed by atoms with Crippen molar-refractivity contribution in [1.29, 1.82) is 0 Å². The van der Waals surface area contributed by atoms with Crippen LogP contribution in [0.1, 0.15) is 0 Å². The molecule has 0 aliphatic carbocycles. The minimum absolute atomic E-state index is 0.664. The molecule has 1 nitrogen and oxygen atoms in total. The smallest absolute Gasteiger partial charge is 0.0737 e. The number of hydrogen-bond donors (Lipinski definition) is 1. The maximum absolute atomic E-state index is 3.44. The Morgan fingerprint density at radius 3 is 2.83 bits per heavy atom. The van der Waals surface area contributed by atoms with Gasteiger partial charge in [0.05, 0.1) is 4.16 Å². The van der Waals surface area contributed by atoms with Crippen molar-refractivity contribution in [1.82, 2.24) is 5.32 Å². The standard InChI is InChI=1S/C3H6BrNS/c4-3-1-5-2-6-3/h3,5H,1-2H2. The molecule has 36 valence electrons. The second-order valence-electron chi connectivity index (χ2n) is 1.18. The van der Waals surface area contributed by atoms with Gasteiger partial charge in [-0.25, -0.2) is 0 Å². The van der Waals surface area contributed by atoms with E-state index in [4.69, 9.17) is 0 Å². The number of thioether (sulfide) groups is 1. The van der Waals surface area contributed by atoms with Crippen molar-refractivity contribution in [2.24, 2.45) is 0 Å². The Hall–Kier alpha value is 0.790. The second kappa shape index (κ2) is 2.19. The predicted molar refractivity (Wildman–Crippen MR) is 33.2 cm³/mol. The zero-order valence-corrected chi connectivity index (χ0v) is 5.68. The molecule has 1 heterocycles. The Bertz CT molecular complexity index is 44.1. The molecule has 1 atom stereocenters. The van der Waals surface area contributed by atoms with Gasteiger partial charge in [-0.05, 0) is 0 Å². The molecule has 1 saturated heterocycles. The Labute approximate surface area is 50.0 Å². The Morgan fingerprint density at radius 1 is 1.83 bits per heavy atom. The lowest BCUT2D eigenvalue weighted by atomic mass is 10.8. The topological polar surface area (TPSA) is 12.0 Å². The highest BCUT2D eigenvalue weighted by Crippen LogP contribution is 2.19. The van der Waals surface area contributed by atoms with Crippen LogP contribution in [0.4, 0.5) is 0 Å². The first kappa shape index (κ1) is 4.94. The van der Waals surface area contributed by atoms with Crippen LogP contribution in [0.2, 0.25) is 0 Å². The van der Waals surface area contributed by atoms with Crippen LogP contribution in [-0.4, -0.2) is 16.6 Å². The van der Waals surface area contributed by atoms with Crippen molar-refractivity contribution in [2.75, 3.05) is 12.4 Å². The van der Waals surface area contributed by atoms with E-state index in [-0.39, 0.29) is 0 Å². The first-order valence-electron chi connectivity index (χ1n) is 1.86. The quantitative estimate of drug-likeness (QED) is 0.541. The lowest BCUT2D eigenvalue weighted by Crippen LogP contribution is -2.07. The van der Waals surface area contributed by atoms with E-state index in [9.17, 15) is 0 Å². The molecule has 1 aliphatic rings. The average molecular weight is 168 g/mol. The Kier molecular flexibility index (Phi) is 1.80. The number of alkyl halides is 1. The molecule has 0 aromatic carbocycles. The van der Waals surface area contributed by atoms with Crippen molar-refractivity contribution < 1.29 is 0 Å². The summed E-state index contributed by atoms with van der Waals surface area (Å²) in [6.07, 6.45) is 0. The van der Waals surface area contributed by atoms with Gasteiger partial charge in [0.15, 0.2) is 0 Å². The lowest BCUT2D eigenvalue weighted by Gasteiger charge is -1.87. The van der Waals surface area contributed by atoms with E-state index in [1.165, 1.54) is 0 Å². The number of hydrogen-bond acceptors (Lipinski definition) is 2. The summed E-state index contributed by atoms with van der Waals surface area (Å²) in [4.78, 5) is 0. The second-order valence-corrected chi connectivity index (χ2v) is 4.08. The molecule has 1 fully saturated rings. The van der Waals surface area contributed by atoms with Crippen molar-refractivity contribution in [3.8, 4) is 0 Å². The third-order valence-electron chi connectivity index (χ3n) is 0.671. The van der Waals surface area contributed by atoms with Gasteiger partial charge in [0.25, 0.3) is 0 Å². The molecule has 0 aromatic rings. The first-order chi connectivity index (χ1) is 2.89. The summed E-state index contributed by atoms with van der Waals surface area (Å²) in [5, 5.41) is 3.19. The summed E-state index contributed by atoms with van der Waals surface area (Å²) >= 11 is 5.34. The normalized spacial score (nSPS) is 34.5. The molecule has 0 amide bonds. The fraction of sp³-hybridized carbons (Fsp3) is 1.00. The fourth-order valence-electron chi connectivity index (χ4n) is 0.381. The molecule has 0 radical (unpaired) electrons. The van der Waals surface area contributed by atoms with Gasteiger partial charge >= 0.3 is 0 Å². The summed E-state index contributed by atoms with van der Waals surface area (Å²) in [6.45, 7) is 1.12. The minimum Gasteiger partial charge on any atom is -0.306 e. The molecular weight excluding hydrogens is 162 g/mol. The van der Waals surface area contributed by atoms with Gasteiger partial charge in [-0.3, -0.25) is 0 Å². The summed E-state index contributed by atoms with van der Waals surface area (Å²) in [6, 6.07) is 0. The van der Waals surface area contributed by atoms with E-state index < -0.39 is 0 Å². The minimum atomic E-state index is 0.664. The lowest BCUT2D eigenvalue weighted by molar-refractivity contribution is 0.873. The summed E-state index contributed by atoms with van der Waals surface area (Å²) < 4.78 is 0.664. The Morgan fingerprint density at radius 2 is 2.67 bits per heavy atom. The largest absolute Gasteiger partial charge is 0.306 e. The SMILES string of the molecule is BrC1CNCS1. The van der Waals surface area contributed by atoms with E-state index in [0.29, 0.717) is 4.16 Å². The highest BCUT2D eigenvalue weighted by molar-refractivity contribution is 9.11. The molecular formula is C3H6BrNS. The maximum Gasteiger partial charge on any atom is 0.0737 e. The summed E-state index contributed by atoms with van der Waals surface area (Å²) in [7, 11) is 0. The fourth-order valence-corrected chi connectivity index (χ4v) is 1.66. The highest BCUT2D eigenvalue weighted by Gasteiger charge is 2.08. The third-order valence-corrected chi connectivity index (χ3v) is 2.69. The molecule has 0 saturated carbocycles. The number of rotatable bonds is 0. The van der Waals surface area contributed by atoms with Crippen molar-refractivity contribution in [3.63, 3.8) is 0 Å². The predicted octanol–water partition coefficient (Wildman–Crippen LogP) is 1.00. The molecule has 1 rings (SSSR count). The van der Waals surface area contributed by atoms with Crippen molar-refractivity contribution in [3.05, 3.63) is 0 Å². The Balaban J connectivity index is 2.18. The molecule has 1 aliphatic heterocycles. The number of nitrogens with one attached hydrogen (secondary N) is 1. The van der Waals surface area contributed by atoms with E-state index >= 15 is 0 Å². The maximum atomic E-state index is 3.44. The van der Waals surface area contributed by atoms with Gasteiger partial charge in [0.2, 0.25) is 0 Å². The van der Waals surface area contributed by atoms with Crippen molar-refractivity contribution in [2.45, 2.75) is 4.16 Å². The molecule has 0 spiro atoms. The van der Waals surface area contributed by atoms with Gasteiger partial charge in [-0.15, -0.1) is 11.8 Å². The molecule has 6 heavy (non-hydrogen) atoms. The van der Waals surface area contributed by atoms with Crippen LogP contribution in [-0.2, 0) is 0 Å². The van der Waals surface area contributed by atoms with Crippen LogP contribution in [0.5, 0.6) is 0 Å². The van der Waals surface area contributed by atoms with E-state index in [1.807, 2.05) is 11.8 Å². The van der Waals surface area contributed by atoms with Gasteiger partial charge in [-0.1, -0.05) is 15.9 Å². The first-order valence-corrected chi connectivity index (χ1v) is 3.82. The summed E-state index contributed by atoms with van der Waals surface area (Å²) in [5.41, 5.74) is 0. The van der Waals surface area contributed by atoms with Gasteiger partial charge in [0.1, 0.15) is 0 Å². The van der Waals surface area contributed by atoms with Crippen LogP contribution in [0, 0.1) is 0 Å². The number of halogens is 1. The van der Waals surface area contributed by atoms with Crippen LogP contribution >= 0.6 is 27.7 Å². The third kappa shape index (κ3) is 1.13. The molecule has 1 N–H and O–H groups in total. The zero-order valence-electron chi connectivity index (χ0n) is 3.28. The molecule has 3 heteroatoms. The zero-order chi connectivity index (χ0) is 4.41. The highest BCUT2D eigenvalue weighted by atomic mass is 79.9. The molecule has 0 aromatic heterocycles. The van der Waals surface area contributed by atoms with Gasteiger partial charge in [-0.2, -0.15) is 0 Å². The van der Waals surface area contributed by atoms with Crippen LogP contribution < -0.4 is 5.32 Å². The molecule has 1 unspecified atom stereocenters.